The maximum atomic E-state index is 12.2. The molecule has 4 heteroatoms. The fourth-order valence-corrected chi connectivity index (χ4v) is 1.96. The van der Waals surface area contributed by atoms with E-state index in [1.165, 1.54) is 0 Å². The molecule has 17 heavy (non-hydrogen) atoms. The molecule has 1 aliphatic heterocycles. The highest BCUT2D eigenvalue weighted by Gasteiger charge is 2.31. The van der Waals surface area contributed by atoms with E-state index in [4.69, 9.17) is 0 Å². The molecule has 1 N–H and O–H groups in total. The molecule has 1 saturated heterocycles. The molecule has 1 aliphatic rings. The van der Waals surface area contributed by atoms with Crippen LogP contribution in [0.1, 0.15) is 47.0 Å². The topological polar surface area (TPSA) is 49.4 Å². The maximum Gasteiger partial charge on any atom is 0.245 e. The van der Waals surface area contributed by atoms with Crippen LogP contribution in [0.5, 0.6) is 0 Å². The smallest absolute Gasteiger partial charge is 0.245 e. The second-order valence-electron chi connectivity index (χ2n) is 5.56. The maximum absolute atomic E-state index is 12.2. The van der Waals surface area contributed by atoms with Crippen molar-refractivity contribution >= 4 is 11.8 Å². The number of amides is 2. The van der Waals surface area contributed by atoms with Crippen LogP contribution in [0.25, 0.3) is 0 Å². The molecule has 0 spiro atoms. The third kappa shape index (κ3) is 3.72. The summed E-state index contributed by atoms with van der Waals surface area (Å²) in [7, 11) is 0. The number of nitrogens with zero attached hydrogens (tertiary/aromatic N) is 1. The van der Waals surface area contributed by atoms with Gasteiger partial charge in [-0.05, 0) is 18.3 Å². The van der Waals surface area contributed by atoms with Crippen LogP contribution in [0.3, 0.4) is 0 Å². The molecule has 1 heterocycles. The van der Waals surface area contributed by atoms with Gasteiger partial charge in [-0.2, -0.15) is 0 Å². The number of carbonyl (C=O) groups excluding carboxylic acids is 2. The van der Waals surface area contributed by atoms with Gasteiger partial charge in [-0.25, -0.2) is 0 Å². The molecule has 0 aromatic rings. The Labute approximate surface area is 104 Å². The monoisotopic (exact) mass is 240 g/mol. The van der Waals surface area contributed by atoms with Crippen LogP contribution >= 0.6 is 0 Å². The van der Waals surface area contributed by atoms with Crippen LogP contribution in [-0.4, -0.2) is 35.8 Å². The van der Waals surface area contributed by atoms with Gasteiger partial charge >= 0.3 is 0 Å². The third-order valence-electron chi connectivity index (χ3n) is 3.54. The summed E-state index contributed by atoms with van der Waals surface area (Å²) in [4.78, 5) is 25.6. The summed E-state index contributed by atoms with van der Waals surface area (Å²) < 4.78 is 0. The molecule has 4 nitrogen and oxygen atoms in total. The van der Waals surface area contributed by atoms with Gasteiger partial charge in [-0.3, -0.25) is 9.59 Å². The van der Waals surface area contributed by atoms with Crippen LogP contribution in [0.2, 0.25) is 0 Å². The van der Waals surface area contributed by atoms with Gasteiger partial charge in [-0.1, -0.05) is 27.7 Å². The van der Waals surface area contributed by atoms with E-state index < -0.39 is 0 Å². The molecule has 0 radical (unpaired) electrons. The largest absolute Gasteiger partial charge is 0.344 e. The highest BCUT2D eigenvalue weighted by Crippen LogP contribution is 2.22. The summed E-state index contributed by atoms with van der Waals surface area (Å²) >= 11 is 0. The van der Waals surface area contributed by atoms with Gasteiger partial charge < -0.3 is 10.2 Å². The van der Waals surface area contributed by atoms with Gasteiger partial charge in [0, 0.05) is 19.5 Å². The highest BCUT2D eigenvalue weighted by molar-refractivity contribution is 5.89. The molecular formula is C13H24N2O2. The lowest BCUT2D eigenvalue weighted by Crippen LogP contribution is -2.46. The molecule has 2 amide bonds. The van der Waals surface area contributed by atoms with E-state index in [-0.39, 0.29) is 23.3 Å². The van der Waals surface area contributed by atoms with Gasteiger partial charge in [0.1, 0.15) is 6.04 Å². The summed E-state index contributed by atoms with van der Waals surface area (Å²) in [5.74, 6) is 0.0573. The zero-order valence-corrected chi connectivity index (χ0v) is 11.4. The second kappa shape index (κ2) is 5.52. The summed E-state index contributed by atoms with van der Waals surface area (Å²) in [5.41, 5.74) is 0.112. The number of hydrogen-bond acceptors (Lipinski definition) is 2. The quantitative estimate of drug-likeness (QED) is 0.810. The average Bonchev–Trinajstić information content (AvgIpc) is 2.41. The standard InChI is InChI=1S/C13H24N2O2/c1-5-10-12(17)15(8-7-11(16)14-10)9-13(3,4)6-2/h10H,5-9H2,1-4H3,(H,14,16). The van der Waals surface area contributed by atoms with Crippen LogP contribution < -0.4 is 5.32 Å². The van der Waals surface area contributed by atoms with Gasteiger partial charge in [0.2, 0.25) is 11.8 Å². The van der Waals surface area contributed by atoms with E-state index in [0.29, 0.717) is 19.4 Å². The molecule has 0 aromatic heterocycles. The van der Waals surface area contributed by atoms with Crippen molar-refractivity contribution in [3.8, 4) is 0 Å². The number of nitrogens with one attached hydrogen (secondary N) is 1. The van der Waals surface area contributed by atoms with Crippen LogP contribution in [0.15, 0.2) is 0 Å². The van der Waals surface area contributed by atoms with Gasteiger partial charge in [-0.15, -0.1) is 0 Å². The minimum atomic E-state index is -0.336. The number of rotatable bonds is 4. The number of hydrogen-bond donors (Lipinski definition) is 1. The summed E-state index contributed by atoms with van der Waals surface area (Å²) in [6.07, 6.45) is 2.10. The van der Waals surface area contributed by atoms with Crippen molar-refractivity contribution in [3.05, 3.63) is 0 Å². The Kier molecular flexibility index (Phi) is 4.54. The molecule has 98 valence electrons. The number of carbonyl (C=O) groups is 2. The van der Waals surface area contributed by atoms with E-state index in [9.17, 15) is 9.59 Å². The Morgan fingerprint density at radius 1 is 1.35 bits per heavy atom. The SMILES string of the molecule is CCC1NC(=O)CCN(CC(C)(C)CC)C1=O. The summed E-state index contributed by atoms with van der Waals surface area (Å²) in [6.45, 7) is 9.64. The Balaban J connectivity index is 2.76. The van der Waals surface area contributed by atoms with Gasteiger partial charge in [0.05, 0.1) is 0 Å². The minimum Gasteiger partial charge on any atom is -0.344 e. The fourth-order valence-electron chi connectivity index (χ4n) is 1.96. The van der Waals surface area contributed by atoms with Crippen molar-refractivity contribution in [2.75, 3.05) is 13.1 Å². The van der Waals surface area contributed by atoms with Crippen molar-refractivity contribution in [2.45, 2.75) is 53.0 Å². The van der Waals surface area contributed by atoms with E-state index in [0.717, 1.165) is 13.0 Å². The molecule has 0 bridgehead atoms. The second-order valence-corrected chi connectivity index (χ2v) is 5.56. The van der Waals surface area contributed by atoms with Gasteiger partial charge in [0.15, 0.2) is 0 Å². The average molecular weight is 240 g/mol. The molecule has 0 saturated carbocycles. The molecule has 1 rings (SSSR count). The van der Waals surface area contributed by atoms with Crippen molar-refractivity contribution in [3.63, 3.8) is 0 Å². The first kappa shape index (κ1) is 14.0. The Morgan fingerprint density at radius 3 is 2.53 bits per heavy atom. The zero-order valence-electron chi connectivity index (χ0n) is 11.4. The molecule has 1 fully saturated rings. The Morgan fingerprint density at radius 2 is 2.00 bits per heavy atom. The van der Waals surface area contributed by atoms with Crippen molar-refractivity contribution < 1.29 is 9.59 Å². The highest BCUT2D eigenvalue weighted by atomic mass is 16.2. The van der Waals surface area contributed by atoms with Crippen molar-refractivity contribution in [2.24, 2.45) is 5.41 Å². The third-order valence-corrected chi connectivity index (χ3v) is 3.54. The van der Waals surface area contributed by atoms with Crippen LogP contribution in [0.4, 0.5) is 0 Å². The normalized spacial score (nSPS) is 22.4. The predicted octanol–water partition coefficient (Wildman–Crippen LogP) is 1.55. The van der Waals surface area contributed by atoms with Crippen molar-refractivity contribution in [1.29, 1.82) is 0 Å². The molecule has 0 aromatic carbocycles. The Hall–Kier alpha value is -1.06. The lowest BCUT2D eigenvalue weighted by Gasteiger charge is -2.32. The minimum absolute atomic E-state index is 0.0120. The fraction of sp³-hybridized carbons (Fsp3) is 0.846. The summed E-state index contributed by atoms with van der Waals surface area (Å²) in [5, 5.41) is 2.78. The van der Waals surface area contributed by atoms with E-state index >= 15 is 0 Å². The van der Waals surface area contributed by atoms with Gasteiger partial charge in [0.25, 0.3) is 0 Å². The molecule has 0 aliphatic carbocycles. The lowest BCUT2D eigenvalue weighted by atomic mass is 9.89. The van der Waals surface area contributed by atoms with Crippen LogP contribution in [-0.2, 0) is 9.59 Å². The first-order valence-corrected chi connectivity index (χ1v) is 6.47. The summed E-state index contributed by atoms with van der Waals surface area (Å²) in [6, 6.07) is -0.336. The predicted molar refractivity (Wildman–Crippen MR) is 67.5 cm³/mol. The van der Waals surface area contributed by atoms with Crippen molar-refractivity contribution in [1.82, 2.24) is 10.2 Å². The molecule has 1 atom stereocenters. The van der Waals surface area contributed by atoms with E-state index in [2.05, 4.69) is 26.1 Å². The Bertz CT molecular complexity index is 300. The van der Waals surface area contributed by atoms with E-state index in [1.54, 1.807) is 0 Å². The lowest BCUT2D eigenvalue weighted by molar-refractivity contribution is -0.134. The first-order chi connectivity index (χ1) is 7.89. The van der Waals surface area contributed by atoms with Crippen LogP contribution in [0, 0.1) is 5.41 Å². The zero-order chi connectivity index (χ0) is 13.1. The first-order valence-electron chi connectivity index (χ1n) is 6.47. The molecular weight excluding hydrogens is 216 g/mol. The van der Waals surface area contributed by atoms with E-state index in [1.807, 2.05) is 11.8 Å². The molecule has 1 unspecified atom stereocenters.